The van der Waals surface area contributed by atoms with E-state index in [1.165, 1.54) is 24.3 Å². The average Bonchev–Trinajstić information content (AvgIpc) is 2.92. The van der Waals surface area contributed by atoms with Gasteiger partial charge in [0.05, 0.1) is 13.7 Å². The molecule has 1 aliphatic rings. The van der Waals surface area contributed by atoms with Crippen molar-refractivity contribution in [2.75, 3.05) is 20.3 Å². The number of methoxy groups -OCH3 is 1. The van der Waals surface area contributed by atoms with Crippen molar-refractivity contribution in [1.82, 2.24) is 10.2 Å². The van der Waals surface area contributed by atoms with E-state index in [0.29, 0.717) is 17.1 Å². The molecule has 1 fully saturated rings. The summed E-state index contributed by atoms with van der Waals surface area (Å²) in [5.74, 6) is 0.777. The Morgan fingerprint density at radius 1 is 1.00 bits per heavy atom. The molecule has 1 N–H and O–H groups in total. The minimum absolute atomic E-state index is 0.0335. The predicted octanol–water partition coefficient (Wildman–Crippen LogP) is 3.14. The number of hydrogen-bond donors (Lipinski definition) is 1. The summed E-state index contributed by atoms with van der Waals surface area (Å²) in [6, 6.07) is 11.9. The van der Waals surface area contributed by atoms with Gasteiger partial charge in [0.25, 0.3) is 5.91 Å². The molecular formula is C20H20F2N2O5. The molecule has 0 saturated carbocycles. The lowest BCUT2D eigenvalue weighted by molar-refractivity contribution is -0.131. The number of alkyl halides is 2. The van der Waals surface area contributed by atoms with Crippen LogP contribution in [0, 0.1) is 0 Å². The number of ether oxygens (including phenoxy) is 3. The van der Waals surface area contributed by atoms with Crippen LogP contribution in [-0.2, 0) is 10.3 Å². The zero-order chi connectivity index (χ0) is 21.0. The van der Waals surface area contributed by atoms with Crippen molar-refractivity contribution in [3.8, 4) is 17.2 Å². The topological polar surface area (TPSA) is 77.1 Å². The van der Waals surface area contributed by atoms with E-state index in [9.17, 15) is 18.4 Å². The summed E-state index contributed by atoms with van der Waals surface area (Å²) >= 11 is 0. The van der Waals surface area contributed by atoms with Crippen LogP contribution in [-0.4, -0.2) is 43.7 Å². The lowest BCUT2D eigenvalue weighted by Gasteiger charge is -2.22. The maximum absolute atomic E-state index is 12.8. The van der Waals surface area contributed by atoms with E-state index >= 15 is 0 Å². The van der Waals surface area contributed by atoms with Gasteiger partial charge in [-0.1, -0.05) is 12.1 Å². The fourth-order valence-electron chi connectivity index (χ4n) is 2.99. The Labute approximate surface area is 166 Å². The molecule has 3 rings (SSSR count). The molecule has 1 saturated heterocycles. The van der Waals surface area contributed by atoms with Gasteiger partial charge >= 0.3 is 12.6 Å². The molecule has 1 aliphatic heterocycles. The molecule has 29 heavy (non-hydrogen) atoms. The highest BCUT2D eigenvalue weighted by molar-refractivity contribution is 6.07. The molecule has 9 heteroatoms. The summed E-state index contributed by atoms with van der Waals surface area (Å²) in [5, 5.41) is 2.65. The Morgan fingerprint density at radius 3 is 2.17 bits per heavy atom. The van der Waals surface area contributed by atoms with Gasteiger partial charge in [0, 0.05) is 0 Å². The van der Waals surface area contributed by atoms with Gasteiger partial charge in [-0.15, -0.1) is 0 Å². The number of nitrogens with one attached hydrogen (secondary N) is 1. The molecule has 2 aromatic carbocycles. The molecular weight excluding hydrogens is 386 g/mol. The number of benzene rings is 2. The number of rotatable bonds is 8. The van der Waals surface area contributed by atoms with Crippen LogP contribution in [0.1, 0.15) is 12.5 Å². The summed E-state index contributed by atoms with van der Waals surface area (Å²) in [6.45, 7) is -1.22. The Morgan fingerprint density at radius 2 is 1.59 bits per heavy atom. The summed E-state index contributed by atoms with van der Waals surface area (Å²) in [6.07, 6.45) is 0. The molecule has 0 bridgehead atoms. The number of carbonyl (C=O) groups excluding carboxylic acids is 2. The Kier molecular flexibility index (Phi) is 5.86. The quantitative estimate of drug-likeness (QED) is 0.682. The second kappa shape index (κ2) is 8.34. The van der Waals surface area contributed by atoms with E-state index in [4.69, 9.17) is 9.47 Å². The van der Waals surface area contributed by atoms with Crippen molar-refractivity contribution in [3.63, 3.8) is 0 Å². The molecule has 7 nitrogen and oxygen atoms in total. The summed E-state index contributed by atoms with van der Waals surface area (Å²) in [4.78, 5) is 26.2. The summed E-state index contributed by atoms with van der Waals surface area (Å²) < 4.78 is 39.5. The monoisotopic (exact) mass is 406 g/mol. The normalized spacial score (nSPS) is 18.7. The van der Waals surface area contributed by atoms with Crippen LogP contribution >= 0.6 is 0 Å². The summed E-state index contributed by atoms with van der Waals surface area (Å²) in [5.41, 5.74) is -0.850. The minimum atomic E-state index is -2.94. The zero-order valence-corrected chi connectivity index (χ0v) is 15.9. The van der Waals surface area contributed by atoms with Crippen LogP contribution in [0.2, 0.25) is 0 Å². The molecule has 0 radical (unpaired) electrons. The zero-order valence-electron chi connectivity index (χ0n) is 15.9. The maximum Gasteiger partial charge on any atom is 0.387 e. The Hall–Kier alpha value is -3.36. The van der Waals surface area contributed by atoms with Crippen molar-refractivity contribution >= 4 is 11.9 Å². The first kappa shape index (κ1) is 20.4. The predicted molar refractivity (Wildman–Crippen MR) is 99.2 cm³/mol. The third kappa shape index (κ3) is 4.39. The number of nitrogens with zero attached hydrogens (tertiary/aromatic N) is 1. The molecule has 0 spiro atoms. The van der Waals surface area contributed by atoms with Gasteiger partial charge in [0.1, 0.15) is 29.4 Å². The molecule has 2 aromatic rings. The van der Waals surface area contributed by atoms with E-state index in [1.54, 1.807) is 38.3 Å². The standard InChI is InChI=1S/C20H20F2N2O5/c1-20(13-3-5-16(6-4-13)29-18(21)22)17(25)24(19(26)23-20)11-12-28-15-9-7-14(27-2)8-10-15/h3-10,18H,11-12H2,1-2H3,(H,23,26)/t20-/m0/s1. The van der Waals surface area contributed by atoms with E-state index in [-0.39, 0.29) is 18.9 Å². The van der Waals surface area contributed by atoms with Gasteiger partial charge in [-0.2, -0.15) is 8.78 Å². The van der Waals surface area contributed by atoms with E-state index in [2.05, 4.69) is 10.1 Å². The number of carbonyl (C=O) groups is 2. The lowest BCUT2D eigenvalue weighted by atomic mass is 9.92. The molecule has 1 atom stereocenters. The van der Waals surface area contributed by atoms with Crippen LogP contribution in [0.5, 0.6) is 17.2 Å². The van der Waals surface area contributed by atoms with Gasteiger partial charge in [-0.25, -0.2) is 4.79 Å². The Bertz CT molecular complexity index is 873. The largest absolute Gasteiger partial charge is 0.497 e. The number of urea groups is 1. The highest BCUT2D eigenvalue weighted by Gasteiger charge is 2.48. The van der Waals surface area contributed by atoms with Gasteiger partial charge in [0.15, 0.2) is 0 Å². The van der Waals surface area contributed by atoms with Gasteiger partial charge < -0.3 is 19.5 Å². The second-order valence-corrected chi connectivity index (χ2v) is 6.44. The number of amides is 3. The van der Waals surface area contributed by atoms with Crippen molar-refractivity contribution < 1.29 is 32.6 Å². The molecule has 1 heterocycles. The highest BCUT2D eigenvalue weighted by atomic mass is 19.3. The van der Waals surface area contributed by atoms with E-state index in [1.807, 2.05) is 0 Å². The fraction of sp³-hybridized carbons (Fsp3) is 0.300. The SMILES string of the molecule is COc1ccc(OCCN2C(=O)N[C@@](C)(c3ccc(OC(F)F)cc3)C2=O)cc1. The third-order valence-electron chi connectivity index (χ3n) is 4.57. The van der Waals surface area contributed by atoms with Crippen LogP contribution in [0.25, 0.3) is 0 Å². The molecule has 0 aromatic heterocycles. The van der Waals surface area contributed by atoms with Crippen LogP contribution < -0.4 is 19.5 Å². The number of hydrogen-bond acceptors (Lipinski definition) is 5. The van der Waals surface area contributed by atoms with Gasteiger partial charge in [0.2, 0.25) is 0 Å². The first-order valence-corrected chi connectivity index (χ1v) is 8.80. The molecule has 0 aliphatic carbocycles. The van der Waals surface area contributed by atoms with Crippen molar-refractivity contribution in [3.05, 3.63) is 54.1 Å². The molecule has 3 amide bonds. The number of halogens is 2. The number of imide groups is 1. The van der Waals surface area contributed by atoms with E-state index in [0.717, 1.165) is 4.90 Å². The van der Waals surface area contributed by atoms with Crippen LogP contribution in [0.15, 0.2) is 48.5 Å². The third-order valence-corrected chi connectivity index (χ3v) is 4.57. The average molecular weight is 406 g/mol. The highest BCUT2D eigenvalue weighted by Crippen LogP contribution is 2.30. The maximum atomic E-state index is 12.8. The summed E-state index contributed by atoms with van der Waals surface area (Å²) in [7, 11) is 1.56. The van der Waals surface area contributed by atoms with Gasteiger partial charge in [-0.3, -0.25) is 9.69 Å². The van der Waals surface area contributed by atoms with Crippen LogP contribution in [0.3, 0.4) is 0 Å². The van der Waals surface area contributed by atoms with E-state index < -0.39 is 24.1 Å². The van der Waals surface area contributed by atoms with Crippen molar-refractivity contribution in [1.29, 1.82) is 0 Å². The minimum Gasteiger partial charge on any atom is -0.497 e. The van der Waals surface area contributed by atoms with Crippen LogP contribution in [0.4, 0.5) is 13.6 Å². The first-order valence-electron chi connectivity index (χ1n) is 8.80. The molecule has 154 valence electrons. The molecule has 0 unspecified atom stereocenters. The lowest BCUT2D eigenvalue weighted by Crippen LogP contribution is -2.41. The van der Waals surface area contributed by atoms with Gasteiger partial charge in [-0.05, 0) is 48.9 Å². The fourth-order valence-corrected chi connectivity index (χ4v) is 2.99. The Balaban J connectivity index is 1.63. The first-order chi connectivity index (χ1) is 13.8. The van der Waals surface area contributed by atoms with Crippen molar-refractivity contribution in [2.45, 2.75) is 19.1 Å². The smallest absolute Gasteiger partial charge is 0.387 e. The van der Waals surface area contributed by atoms with Crippen molar-refractivity contribution in [2.24, 2.45) is 0 Å². The second-order valence-electron chi connectivity index (χ2n) is 6.44.